The lowest BCUT2D eigenvalue weighted by atomic mass is 9.78. The summed E-state index contributed by atoms with van der Waals surface area (Å²) in [6.45, 7) is 13.6. The fraction of sp³-hybridized carbons (Fsp3) is 0.696. The minimum Gasteiger partial charge on any atom is -0.377 e. The van der Waals surface area contributed by atoms with Crippen molar-refractivity contribution in [3.63, 3.8) is 0 Å². The summed E-state index contributed by atoms with van der Waals surface area (Å²) in [5.41, 5.74) is 2.79. The summed E-state index contributed by atoms with van der Waals surface area (Å²) in [4.78, 5) is 6.71. The number of aliphatic imine (C=N–C) groups is 1. The summed E-state index contributed by atoms with van der Waals surface area (Å²) >= 11 is 0. The van der Waals surface area contributed by atoms with Crippen LogP contribution in [0.25, 0.3) is 0 Å². The van der Waals surface area contributed by atoms with Crippen molar-refractivity contribution >= 4 is 29.9 Å². The SMILES string of the molecule is CCN(C)Cc1cccc(CNC(=NC)NCC2CCCOC2C(C)(C)C)c1.I. The van der Waals surface area contributed by atoms with E-state index in [0.29, 0.717) is 12.0 Å². The number of halogens is 1. The molecular weight excluding hydrogens is 475 g/mol. The van der Waals surface area contributed by atoms with Crippen LogP contribution in [0.5, 0.6) is 0 Å². The Morgan fingerprint density at radius 2 is 1.97 bits per heavy atom. The van der Waals surface area contributed by atoms with E-state index < -0.39 is 0 Å². The van der Waals surface area contributed by atoms with Gasteiger partial charge in [0, 0.05) is 39.2 Å². The second kappa shape index (κ2) is 12.7. The Morgan fingerprint density at radius 1 is 1.24 bits per heavy atom. The minimum atomic E-state index is 0. The first-order chi connectivity index (χ1) is 13.3. The fourth-order valence-electron chi connectivity index (χ4n) is 3.91. The number of guanidine groups is 1. The number of hydrogen-bond donors (Lipinski definition) is 2. The maximum Gasteiger partial charge on any atom is 0.191 e. The molecule has 1 aromatic carbocycles. The first kappa shape index (κ1) is 26.2. The number of ether oxygens (including phenoxy) is 1. The summed E-state index contributed by atoms with van der Waals surface area (Å²) in [5, 5.41) is 6.98. The lowest BCUT2D eigenvalue weighted by molar-refractivity contribution is -0.0835. The highest BCUT2D eigenvalue weighted by Gasteiger charge is 2.35. The minimum absolute atomic E-state index is 0. The van der Waals surface area contributed by atoms with Gasteiger partial charge in [-0.05, 0) is 43.0 Å². The zero-order valence-electron chi connectivity index (χ0n) is 19.1. The Balaban J connectivity index is 0.00000420. The molecule has 2 rings (SSSR count). The van der Waals surface area contributed by atoms with Crippen LogP contribution in [0.3, 0.4) is 0 Å². The van der Waals surface area contributed by atoms with E-state index in [-0.39, 0.29) is 29.4 Å². The molecule has 5 nitrogen and oxygen atoms in total. The Labute approximate surface area is 195 Å². The number of rotatable bonds is 7. The predicted molar refractivity (Wildman–Crippen MR) is 134 cm³/mol. The molecule has 166 valence electrons. The molecule has 1 saturated heterocycles. The number of nitrogens with zero attached hydrogens (tertiary/aromatic N) is 2. The van der Waals surface area contributed by atoms with Gasteiger partial charge in [0.15, 0.2) is 5.96 Å². The van der Waals surface area contributed by atoms with Crippen LogP contribution in [0.4, 0.5) is 0 Å². The third kappa shape index (κ3) is 8.80. The highest BCUT2D eigenvalue weighted by molar-refractivity contribution is 14.0. The van der Waals surface area contributed by atoms with E-state index in [1.165, 1.54) is 17.5 Å². The van der Waals surface area contributed by atoms with Crippen molar-refractivity contribution in [2.75, 3.05) is 33.8 Å². The van der Waals surface area contributed by atoms with Gasteiger partial charge in [-0.1, -0.05) is 52.0 Å². The first-order valence-corrected chi connectivity index (χ1v) is 10.7. The molecule has 1 fully saturated rings. The van der Waals surface area contributed by atoms with E-state index in [9.17, 15) is 0 Å². The van der Waals surface area contributed by atoms with Crippen molar-refractivity contribution in [3.8, 4) is 0 Å². The Hall–Kier alpha value is -0.860. The third-order valence-corrected chi connectivity index (χ3v) is 5.50. The number of nitrogens with one attached hydrogen (secondary N) is 2. The molecule has 0 saturated carbocycles. The molecule has 2 N–H and O–H groups in total. The van der Waals surface area contributed by atoms with Gasteiger partial charge in [0.25, 0.3) is 0 Å². The molecule has 0 radical (unpaired) electrons. The van der Waals surface area contributed by atoms with Crippen molar-refractivity contribution in [2.24, 2.45) is 16.3 Å². The molecule has 0 bridgehead atoms. The zero-order chi connectivity index (χ0) is 20.6. The first-order valence-electron chi connectivity index (χ1n) is 10.7. The predicted octanol–water partition coefficient (Wildman–Crippen LogP) is 4.26. The molecule has 1 aromatic rings. The number of hydrogen-bond acceptors (Lipinski definition) is 3. The van der Waals surface area contributed by atoms with Gasteiger partial charge < -0.3 is 20.3 Å². The van der Waals surface area contributed by atoms with Gasteiger partial charge in [0.2, 0.25) is 0 Å². The van der Waals surface area contributed by atoms with Crippen molar-refractivity contribution < 1.29 is 4.74 Å². The van der Waals surface area contributed by atoms with E-state index in [2.05, 4.69) is 79.5 Å². The van der Waals surface area contributed by atoms with Gasteiger partial charge >= 0.3 is 0 Å². The molecule has 1 heterocycles. The van der Waals surface area contributed by atoms with Crippen molar-refractivity contribution in [1.29, 1.82) is 0 Å². The third-order valence-electron chi connectivity index (χ3n) is 5.50. The molecular formula is C23H41IN4O. The van der Waals surface area contributed by atoms with E-state index in [0.717, 1.165) is 45.2 Å². The van der Waals surface area contributed by atoms with Crippen LogP contribution in [0.1, 0.15) is 51.7 Å². The molecule has 1 aliphatic heterocycles. The van der Waals surface area contributed by atoms with Crippen LogP contribution in [0.2, 0.25) is 0 Å². The number of benzene rings is 1. The molecule has 0 spiro atoms. The standard InChI is InChI=1S/C23H40N4O.HI/c1-7-27(6)17-19-11-8-10-18(14-19)15-25-22(24-5)26-16-20-12-9-13-28-21(20)23(2,3)4;/h8,10-11,14,20-21H,7,9,12-13,15-17H2,1-6H3,(H2,24,25,26);1H. The maximum absolute atomic E-state index is 6.10. The van der Waals surface area contributed by atoms with E-state index in [1.807, 2.05) is 7.05 Å². The quantitative estimate of drug-likeness (QED) is 0.323. The highest BCUT2D eigenvalue weighted by Crippen LogP contribution is 2.33. The summed E-state index contributed by atoms with van der Waals surface area (Å²) in [7, 11) is 3.98. The topological polar surface area (TPSA) is 48.9 Å². The lowest BCUT2D eigenvalue weighted by Gasteiger charge is -2.40. The van der Waals surface area contributed by atoms with Crippen molar-refractivity contribution in [3.05, 3.63) is 35.4 Å². The largest absolute Gasteiger partial charge is 0.377 e. The van der Waals surface area contributed by atoms with Crippen LogP contribution in [-0.2, 0) is 17.8 Å². The Kier molecular flexibility index (Phi) is 11.5. The normalized spacial score (nSPS) is 20.3. The van der Waals surface area contributed by atoms with Crippen molar-refractivity contribution in [2.45, 2.75) is 59.7 Å². The molecule has 0 aliphatic carbocycles. The summed E-state index contributed by atoms with van der Waals surface area (Å²) in [6, 6.07) is 8.77. The summed E-state index contributed by atoms with van der Waals surface area (Å²) in [6.07, 6.45) is 2.64. The smallest absolute Gasteiger partial charge is 0.191 e. The zero-order valence-corrected chi connectivity index (χ0v) is 21.5. The van der Waals surface area contributed by atoms with Crippen LogP contribution in [-0.4, -0.2) is 50.8 Å². The van der Waals surface area contributed by atoms with E-state index in [4.69, 9.17) is 4.74 Å². The second-order valence-corrected chi connectivity index (χ2v) is 9.02. The maximum atomic E-state index is 6.10. The molecule has 6 heteroatoms. The van der Waals surface area contributed by atoms with Gasteiger partial charge in [-0.3, -0.25) is 4.99 Å². The van der Waals surface area contributed by atoms with Crippen molar-refractivity contribution in [1.82, 2.24) is 15.5 Å². The average Bonchev–Trinajstić information content (AvgIpc) is 2.68. The van der Waals surface area contributed by atoms with Crippen LogP contribution < -0.4 is 10.6 Å². The van der Waals surface area contributed by atoms with Gasteiger partial charge in [0.05, 0.1) is 6.10 Å². The molecule has 2 unspecified atom stereocenters. The van der Waals surface area contributed by atoms with Gasteiger partial charge in [0.1, 0.15) is 0 Å². The fourth-order valence-corrected chi connectivity index (χ4v) is 3.91. The molecule has 2 atom stereocenters. The van der Waals surface area contributed by atoms with Crippen LogP contribution >= 0.6 is 24.0 Å². The van der Waals surface area contributed by atoms with Crippen LogP contribution in [0, 0.1) is 11.3 Å². The molecule has 0 amide bonds. The summed E-state index contributed by atoms with van der Waals surface area (Å²) in [5.74, 6) is 1.37. The van der Waals surface area contributed by atoms with E-state index in [1.54, 1.807) is 0 Å². The highest BCUT2D eigenvalue weighted by atomic mass is 127. The van der Waals surface area contributed by atoms with Crippen LogP contribution in [0.15, 0.2) is 29.3 Å². The molecule has 0 aromatic heterocycles. The van der Waals surface area contributed by atoms with Gasteiger partial charge in [-0.2, -0.15) is 0 Å². The van der Waals surface area contributed by atoms with Gasteiger partial charge in [-0.15, -0.1) is 24.0 Å². The molecule has 1 aliphatic rings. The van der Waals surface area contributed by atoms with E-state index >= 15 is 0 Å². The monoisotopic (exact) mass is 516 g/mol. The lowest BCUT2D eigenvalue weighted by Crippen LogP contribution is -2.47. The summed E-state index contributed by atoms with van der Waals surface area (Å²) < 4.78 is 6.10. The second-order valence-electron chi connectivity index (χ2n) is 9.02. The molecule has 29 heavy (non-hydrogen) atoms. The Morgan fingerprint density at radius 3 is 2.62 bits per heavy atom. The Bertz CT molecular complexity index is 630. The average molecular weight is 517 g/mol. The van der Waals surface area contributed by atoms with Gasteiger partial charge in [-0.25, -0.2) is 0 Å².